The number of anilines is 1. The van der Waals surface area contributed by atoms with E-state index in [2.05, 4.69) is 15.4 Å². The Bertz CT molecular complexity index is 787. The first-order valence-electron chi connectivity index (χ1n) is 7.36. The molecule has 0 unspecified atom stereocenters. The average molecular weight is 298 g/mol. The molecular formula is C16H15FN4O. The second-order valence-corrected chi connectivity index (χ2v) is 5.68. The van der Waals surface area contributed by atoms with E-state index in [0.29, 0.717) is 17.9 Å². The van der Waals surface area contributed by atoms with Crippen molar-refractivity contribution in [3.8, 4) is 0 Å². The molecule has 1 aromatic heterocycles. The Hall–Kier alpha value is -2.50. The largest absolute Gasteiger partial charge is 0.306 e. The van der Waals surface area contributed by atoms with Crippen molar-refractivity contribution in [3.05, 3.63) is 46.9 Å². The summed E-state index contributed by atoms with van der Waals surface area (Å²) < 4.78 is 14.7. The van der Waals surface area contributed by atoms with Gasteiger partial charge in [0.05, 0.1) is 5.56 Å². The molecule has 2 aromatic rings. The van der Waals surface area contributed by atoms with Crippen LogP contribution in [-0.2, 0) is 12.1 Å². The van der Waals surface area contributed by atoms with Gasteiger partial charge in [-0.25, -0.2) is 9.07 Å². The lowest BCUT2D eigenvalue weighted by Crippen LogP contribution is -2.16. The number of benzene rings is 1. The monoisotopic (exact) mass is 298 g/mol. The topological polar surface area (TPSA) is 59.3 Å². The predicted octanol–water partition coefficient (Wildman–Crippen LogP) is 2.72. The van der Waals surface area contributed by atoms with Gasteiger partial charge in [0.1, 0.15) is 22.9 Å². The van der Waals surface area contributed by atoms with Gasteiger partial charge in [-0.05, 0) is 44.0 Å². The van der Waals surface area contributed by atoms with Gasteiger partial charge >= 0.3 is 0 Å². The van der Waals surface area contributed by atoms with Crippen LogP contribution < -0.4 is 5.32 Å². The summed E-state index contributed by atoms with van der Waals surface area (Å²) in [6.07, 6.45) is 3.84. The number of hydrogen-bond donors (Lipinski definition) is 1. The molecule has 2 aliphatic rings. The van der Waals surface area contributed by atoms with Crippen molar-refractivity contribution in [2.24, 2.45) is 4.99 Å². The molecular weight excluding hydrogens is 283 g/mol. The lowest BCUT2D eigenvalue weighted by molar-refractivity contribution is 0.102. The molecule has 22 heavy (non-hydrogen) atoms. The SMILES string of the molecule is CCn1nc2c(c1NC(=O)c1ccc(F)cc1)C=NC21CC1. The smallest absolute Gasteiger partial charge is 0.256 e. The number of carbonyl (C=O) groups excluding carboxylic acids is 1. The molecule has 6 heteroatoms. The highest BCUT2D eigenvalue weighted by atomic mass is 19.1. The Balaban J connectivity index is 1.67. The van der Waals surface area contributed by atoms with Crippen molar-refractivity contribution in [3.63, 3.8) is 0 Å². The van der Waals surface area contributed by atoms with Gasteiger partial charge in [0.25, 0.3) is 5.91 Å². The van der Waals surface area contributed by atoms with Crippen molar-refractivity contribution in [2.75, 3.05) is 5.32 Å². The minimum absolute atomic E-state index is 0.134. The van der Waals surface area contributed by atoms with Crippen LogP contribution in [0.5, 0.6) is 0 Å². The van der Waals surface area contributed by atoms with Gasteiger partial charge in [0, 0.05) is 18.3 Å². The second-order valence-electron chi connectivity index (χ2n) is 5.68. The van der Waals surface area contributed by atoms with E-state index in [4.69, 9.17) is 0 Å². The number of nitrogens with one attached hydrogen (secondary N) is 1. The fourth-order valence-electron chi connectivity index (χ4n) is 2.82. The van der Waals surface area contributed by atoms with Gasteiger partial charge < -0.3 is 5.32 Å². The molecule has 1 saturated carbocycles. The van der Waals surface area contributed by atoms with E-state index in [-0.39, 0.29) is 17.3 Å². The molecule has 2 heterocycles. The Morgan fingerprint density at radius 1 is 1.36 bits per heavy atom. The van der Waals surface area contributed by atoms with Gasteiger partial charge in [0.15, 0.2) is 0 Å². The number of aryl methyl sites for hydroxylation is 1. The van der Waals surface area contributed by atoms with Gasteiger partial charge in [0.2, 0.25) is 0 Å². The molecule has 4 rings (SSSR count). The minimum Gasteiger partial charge on any atom is -0.306 e. The highest BCUT2D eigenvalue weighted by Gasteiger charge is 2.51. The predicted molar refractivity (Wildman–Crippen MR) is 80.8 cm³/mol. The van der Waals surface area contributed by atoms with Crippen LogP contribution in [0, 0.1) is 5.82 Å². The lowest BCUT2D eigenvalue weighted by Gasteiger charge is -2.08. The van der Waals surface area contributed by atoms with Crippen molar-refractivity contribution in [2.45, 2.75) is 31.8 Å². The average Bonchev–Trinajstić information content (AvgIpc) is 3.10. The van der Waals surface area contributed by atoms with Crippen LogP contribution in [0.2, 0.25) is 0 Å². The Labute approximate surface area is 126 Å². The standard InChI is InChI=1S/C16H15FN4O/c1-2-21-14(12-9-18-16(7-8-16)13(12)20-21)19-15(22)10-3-5-11(17)6-4-10/h3-6,9H,2,7-8H2,1H3,(H,19,22). The molecule has 1 spiro atoms. The molecule has 1 aliphatic heterocycles. The third kappa shape index (κ3) is 1.87. The quantitative estimate of drug-likeness (QED) is 0.947. The number of amides is 1. The first-order valence-corrected chi connectivity index (χ1v) is 7.36. The summed E-state index contributed by atoms with van der Waals surface area (Å²) in [6.45, 7) is 2.64. The second kappa shape index (κ2) is 4.50. The van der Waals surface area contributed by atoms with Gasteiger partial charge in [-0.15, -0.1) is 0 Å². The van der Waals surface area contributed by atoms with Crippen LogP contribution in [0.15, 0.2) is 29.3 Å². The number of halogens is 1. The van der Waals surface area contributed by atoms with Crippen LogP contribution in [0.25, 0.3) is 0 Å². The summed E-state index contributed by atoms with van der Waals surface area (Å²) in [7, 11) is 0. The number of aromatic nitrogens is 2. The highest BCUT2D eigenvalue weighted by Crippen LogP contribution is 2.53. The number of carbonyl (C=O) groups is 1. The number of hydrogen-bond acceptors (Lipinski definition) is 3. The van der Waals surface area contributed by atoms with E-state index in [1.165, 1.54) is 24.3 Å². The fraction of sp³-hybridized carbons (Fsp3) is 0.312. The Morgan fingerprint density at radius 2 is 2.09 bits per heavy atom. The van der Waals surface area contributed by atoms with E-state index in [1.807, 2.05) is 13.1 Å². The normalized spacial score (nSPS) is 16.8. The molecule has 0 saturated heterocycles. The number of nitrogens with zero attached hydrogens (tertiary/aromatic N) is 3. The summed E-state index contributed by atoms with van der Waals surface area (Å²) in [6, 6.07) is 5.48. The van der Waals surface area contributed by atoms with Crippen LogP contribution in [0.1, 0.15) is 41.4 Å². The molecule has 1 aromatic carbocycles. The third-order valence-electron chi connectivity index (χ3n) is 4.23. The van der Waals surface area contributed by atoms with E-state index in [1.54, 1.807) is 4.68 Å². The minimum atomic E-state index is -0.362. The maximum absolute atomic E-state index is 13.0. The Kier molecular flexibility index (Phi) is 2.69. The molecule has 1 amide bonds. The first kappa shape index (κ1) is 13.2. The maximum Gasteiger partial charge on any atom is 0.256 e. The molecule has 1 aliphatic carbocycles. The zero-order valence-electron chi connectivity index (χ0n) is 12.1. The van der Waals surface area contributed by atoms with E-state index in [9.17, 15) is 9.18 Å². The van der Waals surface area contributed by atoms with Gasteiger partial charge in [-0.3, -0.25) is 9.79 Å². The molecule has 112 valence electrons. The number of aliphatic imine (C=N–C) groups is 1. The van der Waals surface area contributed by atoms with E-state index < -0.39 is 0 Å². The zero-order valence-corrected chi connectivity index (χ0v) is 12.1. The van der Waals surface area contributed by atoms with Crippen LogP contribution in [-0.4, -0.2) is 21.9 Å². The zero-order chi connectivity index (χ0) is 15.3. The summed E-state index contributed by atoms with van der Waals surface area (Å²) >= 11 is 0. The van der Waals surface area contributed by atoms with Crippen molar-refractivity contribution < 1.29 is 9.18 Å². The van der Waals surface area contributed by atoms with Crippen molar-refractivity contribution in [1.82, 2.24) is 9.78 Å². The summed E-state index contributed by atoms with van der Waals surface area (Å²) in [5, 5.41) is 7.49. The van der Waals surface area contributed by atoms with Crippen LogP contribution >= 0.6 is 0 Å². The fourth-order valence-corrected chi connectivity index (χ4v) is 2.82. The number of rotatable bonds is 3. The highest BCUT2D eigenvalue weighted by molar-refractivity contribution is 6.07. The van der Waals surface area contributed by atoms with Crippen LogP contribution in [0.4, 0.5) is 10.2 Å². The summed E-state index contributed by atoms with van der Waals surface area (Å²) in [5.41, 5.74) is 2.14. The van der Waals surface area contributed by atoms with Gasteiger partial charge in [-0.2, -0.15) is 5.10 Å². The van der Waals surface area contributed by atoms with Gasteiger partial charge in [-0.1, -0.05) is 0 Å². The molecule has 0 bridgehead atoms. The van der Waals surface area contributed by atoms with E-state index in [0.717, 1.165) is 24.1 Å². The lowest BCUT2D eigenvalue weighted by atomic mass is 10.1. The molecule has 0 radical (unpaired) electrons. The van der Waals surface area contributed by atoms with E-state index >= 15 is 0 Å². The maximum atomic E-state index is 13.0. The summed E-state index contributed by atoms with van der Waals surface area (Å²) in [4.78, 5) is 16.9. The van der Waals surface area contributed by atoms with Crippen molar-refractivity contribution >= 4 is 17.9 Å². The van der Waals surface area contributed by atoms with Crippen LogP contribution in [0.3, 0.4) is 0 Å². The number of fused-ring (bicyclic) bond motifs is 2. The molecule has 1 fully saturated rings. The summed E-state index contributed by atoms with van der Waals surface area (Å²) in [5.74, 6) is 0.0285. The van der Waals surface area contributed by atoms with Crippen molar-refractivity contribution in [1.29, 1.82) is 0 Å². The molecule has 1 N–H and O–H groups in total. The third-order valence-corrected chi connectivity index (χ3v) is 4.23. The first-order chi connectivity index (χ1) is 10.6. The Morgan fingerprint density at radius 3 is 2.73 bits per heavy atom. The molecule has 5 nitrogen and oxygen atoms in total. The molecule has 0 atom stereocenters.